The van der Waals surface area contributed by atoms with E-state index in [1.165, 1.54) is 10.9 Å². The third-order valence-electron chi connectivity index (χ3n) is 3.50. The monoisotopic (exact) mass is 279 g/mol. The normalized spacial score (nSPS) is 10.7. The lowest BCUT2D eigenvalue weighted by Gasteiger charge is -2.05. The highest BCUT2D eigenvalue weighted by Crippen LogP contribution is 2.17. The molecule has 0 unspecified atom stereocenters. The summed E-state index contributed by atoms with van der Waals surface area (Å²) >= 11 is 0. The van der Waals surface area contributed by atoms with Crippen molar-refractivity contribution in [2.75, 3.05) is 6.54 Å². The van der Waals surface area contributed by atoms with Gasteiger partial charge < -0.3 is 10.3 Å². The molecule has 1 aromatic carbocycles. The summed E-state index contributed by atoms with van der Waals surface area (Å²) in [5.74, 6) is -0.126. The number of nitrogens with one attached hydrogen (secondary N) is 2. The first-order chi connectivity index (χ1) is 10.2. The van der Waals surface area contributed by atoms with E-state index in [1.54, 1.807) is 12.3 Å². The Bertz CT molecular complexity index is 776. The second-order valence-electron chi connectivity index (χ2n) is 5.08. The molecule has 1 amide bonds. The van der Waals surface area contributed by atoms with Gasteiger partial charge in [0.15, 0.2) is 0 Å². The number of hydrogen-bond donors (Lipinski definition) is 2. The van der Waals surface area contributed by atoms with Crippen molar-refractivity contribution in [1.29, 1.82) is 0 Å². The molecule has 0 bridgehead atoms. The van der Waals surface area contributed by atoms with E-state index in [4.69, 9.17) is 0 Å². The molecule has 2 aromatic heterocycles. The van der Waals surface area contributed by atoms with Gasteiger partial charge in [-0.15, -0.1) is 0 Å². The number of rotatable bonds is 4. The number of carbonyl (C=O) groups excluding carboxylic acids is 1. The molecule has 0 radical (unpaired) electrons. The highest BCUT2D eigenvalue weighted by molar-refractivity contribution is 5.92. The number of carbonyl (C=O) groups is 1. The molecule has 21 heavy (non-hydrogen) atoms. The zero-order chi connectivity index (χ0) is 14.7. The Hall–Kier alpha value is -2.62. The zero-order valence-corrected chi connectivity index (χ0v) is 11.9. The van der Waals surface area contributed by atoms with E-state index in [0.717, 1.165) is 17.5 Å². The minimum absolute atomic E-state index is 0.126. The molecule has 0 fully saturated rings. The molecule has 0 aliphatic carbocycles. The number of para-hydroxylation sites is 1. The molecule has 4 heteroatoms. The number of pyridine rings is 1. The van der Waals surface area contributed by atoms with Crippen LogP contribution in [0.15, 0.2) is 48.8 Å². The molecule has 0 aliphatic heterocycles. The third kappa shape index (κ3) is 2.94. The maximum Gasteiger partial charge on any atom is 0.269 e. The van der Waals surface area contributed by atoms with Gasteiger partial charge in [-0.1, -0.05) is 18.2 Å². The van der Waals surface area contributed by atoms with E-state index >= 15 is 0 Å². The molecule has 3 aromatic rings. The molecule has 0 saturated carbocycles. The molecule has 0 aliphatic rings. The van der Waals surface area contributed by atoms with Gasteiger partial charge in [-0.3, -0.25) is 9.78 Å². The summed E-state index contributed by atoms with van der Waals surface area (Å²) in [6.45, 7) is 2.54. The van der Waals surface area contributed by atoms with Gasteiger partial charge in [-0.2, -0.15) is 0 Å². The van der Waals surface area contributed by atoms with Crippen molar-refractivity contribution in [3.63, 3.8) is 0 Å². The van der Waals surface area contributed by atoms with Gasteiger partial charge >= 0.3 is 0 Å². The second kappa shape index (κ2) is 5.79. The van der Waals surface area contributed by atoms with Crippen LogP contribution in [0.4, 0.5) is 0 Å². The Morgan fingerprint density at radius 2 is 2.14 bits per heavy atom. The maximum absolute atomic E-state index is 12.0. The van der Waals surface area contributed by atoms with Crippen LogP contribution in [0.3, 0.4) is 0 Å². The quantitative estimate of drug-likeness (QED) is 0.771. The molecular weight excluding hydrogens is 262 g/mol. The summed E-state index contributed by atoms with van der Waals surface area (Å²) in [6.07, 6.45) is 4.45. The van der Waals surface area contributed by atoms with Crippen LogP contribution in [0.1, 0.15) is 21.6 Å². The lowest BCUT2D eigenvalue weighted by atomic mass is 10.1. The van der Waals surface area contributed by atoms with Crippen molar-refractivity contribution < 1.29 is 4.79 Å². The number of aromatic nitrogens is 2. The number of aryl methyl sites for hydroxylation is 1. The van der Waals surface area contributed by atoms with E-state index < -0.39 is 0 Å². The van der Waals surface area contributed by atoms with Crippen LogP contribution in [-0.2, 0) is 6.42 Å². The molecule has 4 nitrogen and oxygen atoms in total. The lowest BCUT2D eigenvalue weighted by molar-refractivity contribution is 0.0949. The van der Waals surface area contributed by atoms with E-state index in [9.17, 15) is 4.79 Å². The first-order valence-corrected chi connectivity index (χ1v) is 7.00. The standard InChI is InChI=1S/C17H17N3O/c1-12-6-8-18-16(10-12)17(21)19-9-7-13-11-20-15-5-3-2-4-14(13)15/h2-6,8,10-11,20H,7,9H2,1H3,(H,19,21). The molecule has 0 saturated heterocycles. The average molecular weight is 279 g/mol. The Balaban J connectivity index is 1.62. The molecule has 0 atom stereocenters. The van der Waals surface area contributed by atoms with Crippen LogP contribution in [0, 0.1) is 6.92 Å². The summed E-state index contributed by atoms with van der Waals surface area (Å²) in [6, 6.07) is 11.8. The molecule has 3 rings (SSSR count). The Morgan fingerprint density at radius 1 is 1.29 bits per heavy atom. The van der Waals surface area contributed by atoms with Crippen LogP contribution >= 0.6 is 0 Å². The van der Waals surface area contributed by atoms with Gasteiger partial charge in [0.2, 0.25) is 0 Å². The van der Waals surface area contributed by atoms with Crippen LogP contribution < -0.4 is 5.32 Å². The molecular formula is C17H17N3O. The summed E-state index contributed by atoms with van der Waals surface area (Å²) < 4.78 is 0. The first kappa shape index (κ1) is 13.4. The van der Waals surface area contributed by atoms with Gasteiger partial charge in [0.05, 0.1) is 0 Å². The van der Waals surface area contributed by atoms with Crippen LogP contribution in [0.2, 0.25) is 0 Å². The Kier molecular flexibility index (Phi) is 3.69. The fraction of sp³-hybridized carbons (Fsp3) is 0.176. The number of benzene rings is 1. The Morgan fingerprint density at radius 3 is 3.00 bits per heavy atom. The predicted octanol–water partition coefficient (Wildman–Crippen LogP) is 2.84. The van der Waals surface area contributed by atoms with Crippen molar-refractivity contribution in [3.8, 4) is 0 Å². The van der Waals surface area contributed by atoms with Gasteiger partial charge in [-0.05, 0) is 42.7 Å². The summed E-state index contributed by atoms with van der Waals surface area (Å²) in [4.78, 5) is 19.3. The van der Waals surface area contributed by atoms with Gasteiger partial charge in [0.25, 0.3) is 5.91 Å². The second-order valence-corrected chi connectivity index (χ2v) is 5.08. The van der Waals surface area contributed by atoms with Gasteiger partial charge in [0.1, 0.15) is 5.69 Å². The highest BCUT2D eigenvalue weighted by Gasteiger charge is 2.07. The van der Waals surface area contributed by atoms with Crippen molar-refractivity contribution in [2.24, 2.45) is 0 Å². The summed E-state index contributed by atoms with van der Waals surface area (Å²) in [7, 11) is 0. The SMILES string of the molecule is Cc1ccnc(C(=O)NCCc2c[nH]c3ccccc23)c1. The van der Waals surface area contributed by atoms with Crippen molar-refractivity contribution in [1.82, 2.24) is 15.3 Å². The summed E-state index contributed by atoms with van der Waals surface area (Å²) in [5, 5.41) is 4.12. The number of fused-ring (bicyclic) bond motifs is 1. The largest absolute Gasteiger partial charge is 0.361 e. The summed E-state index contributed by atoms with van der Waals surface area (Å²) in [5.41, 5.74) is 3.84. The van der Waals surface area contributed by atoms with E-state index in [-0.39, 0.29) is 5.91 Å². The molecule has 2 N–H and O–H groups in total. The van der Waals surface area contributed by atoms with Crippen LogP contribution in [-0.4, -0.2) is 22.4 Å². The number of nitrogens with zero attached hydrogens (tertiary/aromatic N) is 1. The van der Waals surface area contributed by atoms with E-state index in [0.29, 0.717) is 12.2 Å². The van der Waals surface area contributed by atoms with Crippen LogP contribution in [0.25, 0.3) is 10.9 Å². The number of H-pyrrole nitrogens is 1. The van der Waals surface area contributed by atoms with Crippen molar-refractivity contribution >= 4 is 16.8 Å². The topological polar surface area (TPSA) is 57.8 Å². The van der Waals surface area contributed by atoms with Crippen molar-refractivity contribution in [2.45, 2.75) is 13.3 Å². The lowest BCUT2D eigenvalue weighted by Crippen LogP contribution is -2.26. The zero-order valence-electron chi connectivity index (χ0n) is 11.9. The van der Waals surface area contributed by atoms with E-state index in [1.807, 2.05) is 37.4 Å². The minimum Gasteiger partial charge on any atom is -0.361 e. The van der Waals surface area contributed by atoms with Gasteiger partial charge in [-0.25, -0.2) is 0 Å². The minimum atomic E-state index is -0.126. The highest BCUT2D eigenvalue weighted by atomic mass is 16.1. The number of aromatic amines is 1. The van der Waals surface area contributed by atoms with Crippen LogP contribution in [0.5, 0.6) is 0 Å². The fourth-order valence-electron chi connectivity index (χ4n) is 2.40. The number of amides is 1. The fourth-order valence-corrected chi connectivity index (χ4v) is 2.40. The maximum atomic E-state index is 12.0. The predicted molar refractivity (Wildman–Crippen MR) is 83.3 cm³/mol. The third-order valence-corrected chi connectivity index (χ3v) is 3.50. The molecule has 106 valence electrons. The molecule has 0 spiro atoms. The Labute approximate surface area is 123 Å². The smallest absolute Gasteiger partial charge is 0.269 e. The van der Waals surface area contributed by atoms with Gasteiger partial charge in [0, 0.05) is 29.8 Å². The number of hydrogen-bond acceptors (Lipinski definition) is 2. The average Bonchev–Trinajstić information content (AvgIpc) is 2.91. The van der Waals surface area contributed by atoms with Crippen molar-refractivity contribution in [3.05, 3.63) is 65.6 Å². The van der Waals surface area contributed by atoms with E-state index in [2.05, 4.69) is 21.4 Å². The molecule has 2 heterocycles. The first-order valence-electron chi connectivity index (χ1n) is 7.00.